The summed E-state index contributed by atoms with van der Waals surface area (Å²) < 4.78 is 16.9. The molecule has 2 heterocycles. The first-order chi connectivity index (χ1) is 12.0. The van der Waals surface area contributed by atoms with E-state index in [4.69, 9.17) is 14.2 Å². The number of ether oxygens (including phenoxy) is 3. The van der Waals surface area contributed by atoms with Gasteiger partial charge in [0.2, 0.25) is 6.29 Å². The Bertz CT molecular complexity index is 556. The van der Waals surface area contributed by atoms with Gasteiger partial charge in [0.25, 0.3) is 0 Å². The number of likely N-dealkylation sites (N-methyl/N-ethyl adjacent to an activating group) is 1. The molecule has 0 aromatic heterocycles. The van der Waals surface area contributed by atoms with Gasteiger partial charge in [-0.1, -0.05) is 31.9 Å². The Balaban J connectivity index is 1.48. The number of carbonyl (C=O) groups excluding carboxylic acids is 1. The normalized spacial score (nSPS) is 42.5. The third-order valence-corrected chi connectivity index (χ3v) is 6.86. The van der Waals surface area contributed by atoms with Crippen molar-refractivity contribution in [3.05, 3.63) is 11.6 Å². The van der Waals surface area contributed by atoms with Gasteiger partial charge >= 0.3 is 5.97 Å². The minimum Gasteiger partial charge on any atom is -0.461 e. The van der Waals surface area contributed by atoms with E-state index in [1.165, 1.54) is 24.2 Å². The molecule has 2 aliphatic heterocycles. The summed E-state index contributed by atoms with van der Waals surface area (Å²) in [4.78, 5) is 13.9. The second kappa shape index (κ2) is 6.67. The van der Waals surface area contributed by atoms with Crippen LogP contribution < -0.4 is 4.90 Å². The van der Waals surface area contributed by atoms with Crippen LogP contribution in [0.3, 0.4) is 0 Å². The third-order valence-electron chi connectivity index (χ3n) is 6.86. The van der Waals surface area contributed by atoms with Crippen LogP contribution in [-0.2, 0) is 19.0 Å². The molecule has 1 saturated carbocycles. The molecule has 4 aliphatic rings. The molecule has 0 radical (unpaired) electrons. The van der Waals surface area contributed by atoms with Gasteiger partial charge in [0, 0.05) is 5.92 Å². The summed E-state index contributed by atoms with van der Waals surface area (Å²) in [6.07, 6.45) is 7.18. The third kappa shape index (κ3) is 3.26. The smallest absolute Gasteiger partial charge is 0.315 e. The van der Waals surface area contributed by atoms with Crippen molar-refractivity contribution >= 4 is 5.97 Å². The zero-order valence-electron chi connectivity index (χ0n) is 15.8. The number of esters is 1. The van der Waals surface area contributed by atoms with E-state index >= 15 is 0 Å². The van der Waals surface area contributed by atoms with Crippen LogP contribution in [0.25, 0.3) is 0 Å². The van der Waals surface area contributed by atoms with Crippen molar-refractivity contribution in [1.82, 2.24) is 0 Å². The number of nitrogens with one attached hydrogen (secondary N) is 1. The van der Waals surface area contributed by atoms with Crippen molar-refractivity contribution in [2.75, 3.05) is 33.4 Å². The van der Waals surface area contributed by atoms with Crippen molar-refractivity contribution in [2.24, 2.45) is 23.2 Å². The molecule has 140 valence electrons. The summed E-state index contributed by atoms with van der Waals surface area (Å²) >= 11 is 0. The van der Waals surface area contributed by atoms with Crippen molar-refractivity contribution in [3.8, 4) is 0 Å². The molecule has 25 heavy (non-hydrogen) atoms. The van der Waals surface area contributed by atoms with E-state index in [0.29, 0.717) is 19.1 Å². The molecule has 2 aliphatic carbocycles. The quantitative estimate of drug-likeness (QED) is 0.611. The van der Waals surface area contributed by atoms with Gasteiger partial charge in [-0.05, 0) is 30.6 Å². The van der Waals surface area contributed by atoms with Crippen LogP contribution in [0, 0.1) is 23.2 Å². The Labute approximate surface area is 150 Å². The topological polar surface area (TPSA) is 49.2 Å². The highest BCUT2D eigenvalue weighted by Gasteiger charge is 2.52. The van der Waals surface area contributed by atoms with E-state index in [9.17, 15) is 4.79 Å². The van der Waals surface area contributed by atoms with Crippen LogP contribution in [0.4, 0.5) is 0 Å². The van der Waals surface area contributed by atoms with E-state index in [2.05, 4.69) is 27.0 Å². The van der Waals surface area contributed by atoms with E-state index < -0.39 is 0 Å². The van der Waals surface area contributed by atoms with Crippen LogP contribution in [-0.4, -0.2) is 51.7 Å². The van der Waals surface area contributed by atoms with Crippen molar-refractivity contribution < 1.29 is 23.9 Å². The molecule has 5 nitrogen and oxygen atoms in total. The maximum Gasteiger partial charge on any atom is 0.315 e. The van der Waals surface area contributed by atoms with E-state index in [0.717, 1.165) is 19.5 Å². The highest BCUT2D eigenvalue weighted by molar-refractivity contribution is 5.76. The van der Waals surface area contributed by atoms with Gasteiger partial charge in [-0.3, -0.25) is 4.79 Å². The summed E-state index contributed by atoms with van der Waals surface area (Å²) in [6.45, 7) is 7.65. The predicted molar refractivity (Wildman–Crippen MR) is 93.0 cm³/mol. The molecule has 1 unspecified atom stereocenters. The minimum atomic E-state index is -0.125. The first kappa shape index (κ1) is 17.5. The van der Waals surface area contributed by atoms with Crippen LogP contribution in [0.5, 0.6) is 0 Å². The largest absolute Gasteiger partial charge is 0.461 e. The van der Waals surface area contributed by atoms with E-state index in [1.54, 1.807) is 5.57 Å². The molecule has 0 spiro atoms. The first-order valence-electron chi connectivity index (χ1n) is 9.93. The number of quaternary nitrogens is 1. The summed E-state index contributed by atoms with van der Waals surface area (Å²) in [6, 6.07) is 0. The Morgan fingerprint density at radius 3 is 2.80 bits per heavy atom. The van der Waals surface area contributed by atoms with Crippen molar-refractivity contribution in [3.63, 3.8) is 0 Å². The molecule has 0 aromatic carbocycles. The van der Waals surface area contributed by atoms with Gasteiger partial charge in [0.05, 0.1) is 26.8 Å². The Morgan fingerprint density at radius 2 is 2.04 bits per heavy atom. The predicted octanol–water partition coefficient (Wildman–Crippen LogP) is 1.19. The molecule has 1 N–H and O–H groups in total. The summed E-state index contributed by atoms with van der Waals surface area (Å²) in [7, 11) is 2.12. The molecular formula is C20H32NO4+. The molecule has 6 atom stereocenters. The van der Waals surface area contributed by atoms with Gasteiger partial charge in [-0.15, -0.1) is 0 Å². The van der Waals surface area contributed by atoms with Gasteiger partial charge < -0.3 is 19.1 Å². The fraction of sp³-hybridized carbons (Fsp3) is 0.850. The van der Waals surface area contributed by atoms with Crippen LogP contribution in [0.1, 0.15) is 39.5 Å². The number of hydrogen-bond donors (Lipinski definition) is 1. The Morgan fingerprint density at radius 1 is 1.28 bits per heavy atom. The molecule has 3 fully saturated rings. The zero-order valence-corrected chi connectivity index (χ0v) is 15.8. The maximum absolute atomic E-state index is 12.6. The number of fused-ring (bicyclic) bond motifs is 2. The lowest BCUT2D eigenvalue weighted by Gasteiger charge is -2.46. The number of allylic oxidation sites excluding steroid dienone is 1. The molecule has 4 rings (SSSR count). The van der Waals surface area contributed by atoms with E-state index in [1.807, 2.05) is 0 Å². The highest BCUT2D eigenvalue weighted by Crippen LogP contribution is 2.53. The Kier molecular flexibility index (Phi) is 4.67. The SMILES string of the molecule is C[C@H]1CCC[C@]2(C)C[C@H]3OC(=O)[C@H](C[NH+](C)CC4OCCO4)[C@H]3C=C12. The van der Waals surface area contributed by atoms with Crippen LogP contribution in [0.15, 0.2) is 11.6 Å². The van der Waals surface area contributed by atoms with Crippen LogP contribution in [0.2, 0.25) is 0 Å². The monoisotopic (exact) mass is 350 g/mol. The fourth-order valence-electron chi connectivity index (χ4n) is 5.55. The minimum absolute atomic E-state index is 0.00522. The molecule has 0 amide bonds. The molecule has 0 aromatic rings. The molecule has 0 bridgehead atoms. The van der Waals surface area contributed by atoms with Gasteiger partial charge in [-0.2, -0.15) is 0 Å². The molecule has 2 saturated heterocycles. The first-order valence-corrected chi connectivity index (χ1v) is 9.93. The maximum atomic E-state index is 12.6. The average Bonchev–Trinajstić information content (AvgIpc) is 3.14. The molecule has 5 heteroatoms. The summed E-state index contributed by atoms with van der Waals surface area (Å²) in [5.74, 6) is 0.852. The number of carbonyl (C=O) groups is 1. The zero-order chi connectivity index (χ0) is 17.6. The second-order valence-corrected chi connectivity index (χ2v) is 8.88. The second-order valence-electron chi connectivity index (χ2n) is 8.88. The van der Waals surface area contributed by atoms with Gasteiger partial charge in [0.15, 0.2) is 0 Å². The average molecular weight is 350 g/mol. The highest BCUT2D eigenvalue weighted by atomic mass is 16.7. The standard InChI is InChI=1S/C20H31NO4/c1-13-5-4-6-20(2)10-17-14(9-16(13)20)15(19(22)25-17)11-21(3)12-18-23-7-8-24-18/h9,13-15,17-18H,4-8,10-12H2,1-3H3/p+1/t13-,14+,15+,17+,20+/m0/s1. The lowest BCUT2D eigenvalue weighted by molar-refractivity contribution is -0.888. The summed E-state index contributed by atoms with van der Waals surface area (Å²) in [5.41, 5.74) is 1.82. The molecular weight excluding hydrogens is 318 g/mol. The Hall–Kier alpha value is -0.910. The van der Waals surface area contributed by atoms with E-state index in [-0.39, 0.29) is 35.6 Å². The fourth-order valence-corrected chi connectivity index (χ4v) is 5.55. The van der Waals surface area contributed by atoms with Crippen LogP contribution >= 0.6 is 0 Å². The van der Waals surface area contributed by atoms with Gasteiger partial charge in [-0.25, -0.2) is 0 Å². The lowest BCUT2D eigenvalue weighted by Crippen LogP contribution is -3.11. The number of hydrogen-bond acceptors (Lipinski definition) is 4. The lowest BCUT2D eigenvalue weighted by atomic mass is 9.59. The van der Waals surface area contributed by atoms with Gasteiger partial charge in [0.1, 0.15) is 18.6 Å². The number of rotatable bonds is 4. The van der Waals surface area contributed by atoms with Crippen molar-refractivity contribution in [1.29, 1.82) is 0 Å². The summed E-state index contributed by atoms with van der Waals surface area (Å²) in [5, 5.41) is 0. The van der Waals surface area contributed by atoms with Crippen molar-refractivity contribution in [2.45, 2.75) is 51.9 Å².